The first-order valence-corrected chi connectivity index (χ1v) is 11.8. The van der Waals surface area contributed by atoms with Crippen molar-refractivity contribution in [3.05, 3.63) is 65.9 Å². The highest BCUT2D eigenvalue weighted by Gasteiger charge is 2.29. The summed E-state index contributed by atoms with van der Waals surface area (Å²) in [6, 6.07) is 11.4. The lowest BCUT2D eigenvalue weighted by atomic mass is 9.89. The molecule has 1 unspecified atom stereocenters. The minimum atomic E-state index is -0.474. The quantitative estimate of drug-likeness (QED) is 0.378. The second-order valence-electron chi connectivity index (χ2n) is 9.01. The van der Waals surface area contributed by atoms with Gasteiger partial charge in [-0.2, -0.15) is 9.49 Å². The van der Waals surface area contributed by atoms with Crippen LogP contribution in [0.4, 0.5) is 4.39 Å². The second kappa shape index (κ2) is 9.54. The van der Waals surface area contributed by atoms with Crippen molar-refractivity contribution < 1.29 is 18.7 Å². The van der Waals surface area contributed by atoms with Crippen molar-refractivity contribution in [2.75, 3.05) is 33.9 Å². The van der Waals surface area contributed by atoms with Crippen LogP contribution in [0.2, 0.25) is 0 Å². The average molecular weight is 477 g/mol. The smallest absolute Gasteiger partial charge is 0.216 e. The van der Waals surface area contributed by atoms with Crippen molar-refractivity contribution >= 4 is 16.7 Å². The number of likely N-dealkylation sites (N-methyl/N-ethyl adjacent to an activating group) is 1. The summed E-state index contributed by atoms with van der Waals surface area (Å²) in [5.74, 6) is 0.826. The molecule has 0 spiro atoms. The number of ketones is 1. The molecule has 0 saturated heterocycles. The fourth-order valence-corrected chi connectivity index (χ4v) is 4.64. The van der Waals surface area contributed by atoms with Gasteiger partial charge in [-0.3, -0.25) is 9.89 Å². The van der Waals surface area contributed by atoms with Crippen LogP contribution in [0.15, 0.2) is 48.8 Å². The van der Waals surface area contributed by atoms with E-state index in [0.717, 1.165) is 41.1 Å². The molecule has 0 bridgehead atoms. The predicted molar refractivity (Wildman–Crippen MR) is 133 cm³/mol. The van der Waals surface area contributed by atoms with Crippen LogP contribution in [-0.4, -0.2) is 59.3 Å². The van der Waals surface area contributed by atoms with E-state index in [9.17, 15) is 9.18 Å². The Bertz CT molecular complexity index is 1380. The van der Waals surface area contributed by atoms with E-state index in [1.807, 2.05) is 42.6 Å². The molecule has 4 aromatic rings. The molecule has 0 fully saturated rings. The molecule has 0 radical (unpaired) electrons. The molecule has 1 aliphatic rings. The molecule has 0 aliphatic carbocycles. The number of rotatable bonds is 8. The number of nitrogens with zero attached hydrogens (tertiary/aromatic N) is 3. The third-order valence-corrected chi connectivity index (χ3v) is 6.86. The molecular weight excluding hydrogens is 447 g/mol. The van der Waals surface area contributed by atoms with Crippen LogP contribution in [0, 0.1) is 11.9 Å². The van der Waals surface area contributed by atoms with Crippen molar-refractivity contribution in [3.63, 3.8) is 0 Å². The van der Waals surface area contributed by atoms with Crippen molar-refractivity contribution in [2.24, 2.45) is 5.92 Å². The number of hydrogen-bond donors (Lipinski definition) is 1. The van der Waals surface area contributed by atoms with Gasteiger partial charge in [0.2, 0.25) is 5.95 Å². The van der Waals surface area contributed by atoms with E-state index in [4.69, 9.17) is 9.47 Å². The molecule has 2 aromatic carbocycles. The maximum atomic E-state index is 14.2. The lowest BCUT2D eigenvalue weighted by Gasteiger charge is -2.24. The van der Waals surface area contributed by atoms with Gasteiger partial charge >= 0.3 is 0 Å². The lowest BCUT2D eigenvalue weighted by Crippen LogP contribution is -2.28. The average Bonchev–Trinajstić information content (AvgIpc) is 3.48. The topological polar surface area (TPSA) is 72.4 Å². The van der Waals surface area contributed by atoms with E-state index in [-0.39, 0.29) is 11.7 Å². The predicted octanol–water partition coefficient (Wildman–Crippen LogP) is 4.56. The van der Waals surface area contributed by atoms with Gasteiger partial charge in [-0.25, -0.2) is 0 Å². The highest BCUT2D eigenvalue weighted by Crippen LogP contribution is 2.34. The number of carbonyl (C=O) groups is 1. The van der Waals surface area contributed by atoms with Gasteiger partial charge in [0, 0.05) is 35.8 Å². The van der Waals surface area contributed by atoms with Gasteiger partial charge in [0.05, 0.1) is 31.4 Å². The number of benzene rings is 2. The zero-order valence-corrected chi connectivity index (χ0v) is 20.2. The Morgan fingerprint density at radius 1 is 1.31 bits per heavy atom. The monoisotopic (exact) mass is 476 g/mol. The van der Waals surface area contributed by atoms with E-state index < -0.39 is 5.95 Å². The Hall–Kier alpha value is -3.65. The first-order valence-electron chi connectivity index (χ1n) is 11.8. The van der Waals surface area contributed by atoms with E-state index in [2.05, 4.69) is 33.6 Å². The molecule has 1 aliphatic heterocycles. The second-order valence-corrected chi connectivity index (χ2v) is 9.01. The van der Waals surface area contributed by atoms with Crippen LogP contribution in [0.3, 0.4) is 0 Å². The minimum Gasteiger partial charge on any atom is -0.497 e. The number of nitrogens with one attached hydrogen (secondary N) is 1. The number of H-pyrrole nitrogens is 1. The summed E-state index contributed by atoms with van der Waals surface area (Å²) >= 11 is 0. The number of halogens is 1. The molecule has 0 amide bonds. The van der Waals surface area contributed by atoms with Gasteiger partial charge in [-0.15, -0.1) is 0 Å². The molecule has 182 valence electrons. The highest BCUT2D eigenvalue weighted by atomic mass is 19.1. The summed E-state index contributed by atoms with van der Waals surface area (Å²) in [7, 11) is 3.69. The molecule has 8 heteroatoms. The van der Waals surface area contributed by atoms with Gasteiger partial charge in [0.1, 0.15) is 11.5 Å². The molecule has 0 saturated carbocycles. The Labute approximate surface area is 203 Å². The fraction of sp³-hybridized carbons (Fsp3) is 0.333. The summed E-state index contributed by atoms with van der Waals surface area (Å²) in [6.45, 7) is 4.92. The van der Waals surface area contributed by atoms with Crippen molar-refractivity contribution in [2.45, 2.75) is 19.9 Å². The third kappa shape index (κ3) is 4.41. The summed E-state index contributed by atoms with van der Waals surface area (Å²) < 4.78 is 27.5. The SMILES string of the molecule is CCN(C)CCn1cc(C(=O)C2COc3ccc(OC)cc3C2)c2ccc(-c3cn[nH]c3F)cc21. The van der Waals surface area contributed by atoms with Gasteiger partial charge < -0.3 is 18.9 Å². The first-order chi connectivity index (χ1) is 17.0. The number of ether oxygens (including phenoxy) is 2. The molecule has 5 rings (SSSR count). The van der Waals surface area contributed by atoms with Gasteiger partial charge in [0.25, 0.3) is 0 Å². The van der Waals surface area contributed by atoms with Gasteiger partial charge in [0.15, 0.2) is 5.78 Å². The standard InChI is InChI=1S/C27H29FN4O3/c1-4-31(2)9-10-32-15-23(21-7-5-17(13-24(21)32)22-14-29-30-27(22)28)26(33)19-11-18-12-20(34-3)6-8-25(18)35-16-19/h5-8,12-15,19H,4,9-11,16H2,1-3H3,(H,29,30). The number of Topliss-reactive ketones (excluding diaryl/α,β-unsaturated/α-hetero) is 1. The Morgan fingerprint density at radius 2 is 2.17 bits per heavy atom. The Balaban J connectivity index is 1.51. The zero-order valence-electron chi connectivity index (χ0n) is 20.2. The van der Waals surface area contributed by atoms with E-state index in [1.54, 1.807) is 7.11 Å². The van der Waals surface area contributed by atoms with Crippen LogP contribution in [0.5, 0.6) is 11.5 Å². The van der Waals surface area contributed by atoms with Crippen LogP contribution < -0.4 is 9.47 Å². The highest BCUT2D eigenvalue weighted by molar-refractivity contribution is 6.10. The maximum absolute atomic E-state index is 14.2. The zero-order chi connectivity index (χ0) is 24.5. The molecule has 7 nitrogen and oxygen atoms in total. The van der Waals surface area contributed by atoms with Crippen LogP contribution >= 0.6 is 0 Å². The van der Waals surface area contributed by atoms with Crippen molar-refractivity contribution in [1.82, 2.24) is 19.7 Å². The number of carbonyl (C=O) groups excluding carboxylic acids is 1. The van der Waals surface area contributed by atoms with E-state index in [0.29, 0.717) is 36.3 Å². The molecule has 1 atom stereocenters. The molecule has 2 aromatic heterocycles. The van der Waals surface area contributed by atoms with Crippen LogP contribution in [0.1, 0.15) is 22.8 Å². The lowest BCUT2D eigenvalue weighted by molar-refractivity contribution is 0.0856. The molecular formula is C27H29FN4O3. The molecule has 35 heavy (non-hydrogen) atoms. The number of hydrogen-bond acceptors (Lipinski definition) is 5. The maximum Gasteiger partial charge on any atom is 0.216 e. The summed E-state index contributed by atoms with van der Waals surface area (Å²) in [6.07, 6.45) is 4.01. The Kier molecular flexibility index (Phi) is 6.30. The number of fused-ring (bicyclic) bond motifs is 2. The molecule has 1 N–H and O–H groups in total. The van der Waals surface area contributed by atoms with Crippen molar-refractivity contribution in [1.29, 1.82) is 0 Å². The fourth-order valence-electron chi connectivity index (χ4n) is 4.64. The van der Waals surface area contributed by atoms with E-state index >= 15 is 0 Å². The third-order valence-electron chi connectivity index (χ3n) is 6.86. The van der Waals surface area contributed by atoms with Crippen molar-refractivity contribution in [3.8, 4) is 22.6 Å². The normalized spacial score (nSPS) is 15.3. The van der Waals surface area contributed by atoms with E-state index in [1.165, 1.54) is 6.20 Å². The summed E-state index contributed by atoms with van der Waals surface area (Å²) in [4.78, 5) is 16.0. The number of aromatic amines is 1. The first kappa shape index (κ1) is 23.1. The minimum absolute atomic E-state index is 0.0494. The Morgan fingerprint density at radius 3 is 2.91 bits per heavy atom. The summed E-state index contributed by atoms with van der Waals surface area (Å²) in [5, 5.41) is 7.02. The van der Waals surface area contributed by atoms with Crippen LogP contribution in [0.25, 0.3) is 22.0 Å². The molecule has 3 heterocycles. The summed E-state index contributed by atoms with van der Waals surface area (Å²) in [5.41, 5.74) is 3.66. The van der Waals surface area contributed by atoms with Gasteiger partial charge in [-0.1, -0.05) is 19.1 Å². The number of aromatic nitrogens is 3. The van der Waals surface area contributed by atoms with Gasteiger partial charge in [-0.05, 0) is 55.4 Å². The number of methoxy groups -OCH3 is 1. The largest absolute Gasteiger partial charge is 0.497 e. The van der Waals surface area contributed by atoms with Crippen LogP contribution in [-0.2, 0) is 13.0 Å².